The third-order valence-electron chi connectivity index (χ3n) is 3.80. The van der Waals surface area contributed by atoms with Gasteiger partial charge in [0.2, 0.25) is 0 Å². The predicted molar refractivity (Wildman–Crippen MR) is 94.1 cm³/mol. The minimum atomic E-state index is -4.59. The molecule has 0 radical (unpaired) electrons. The van der Waals surface area contributed by atoms with Crippen LogP contribution in [0.1, 0.15) is 5.56 Å². The molecule has 0 atom stereocenters. The van der Waals surface area contributed by atoms with E-state index in [-0.39, 0.29) is 17.1 Å². The maximum atomic E-state index is 13.1. The van der Waals surface area contributed by atoms with E-state index < -0.39 is 12.3 Å². The molecule has 10 heteroatoms. The van der Waals surface area contributed by atoms with Crippen LogP contribution in [0.3, 0.4) is 0 Å². The summed E-state index contributed by atoms with van der Waals surface area (Å²) in [5.41, 5.74) is 4.55. The van der Waals surface area contributed by atoms with Crippen molar-refractivity contribution in [2.45, 2.75) is 12.8 Å². The molecule has 0 aliphatic carbocycles. The highest BCUT2D eigenvalue weighted by atomic mass is 35.5. The number of carbonyl (C=O) groups is 1. The number of alkyl halides is 3. The fourth-order valence-corrected chi connectivity index (χ4v) is 3.05. The maximum Gasteiger partial charge on any atom is 0.488 e. The molecule has 5 nitrogen and oxygen atoms in total. The zero-order valence-corrected chi connectivity index (χ0v) is 15.0. The van der Waals surface area contributed by atoms with Gasteiger partial charge in [-0.2, -0.15) is 0 Å². The van der Waals surface area contributed by atoms with Gasteiger partial charge in [-0.3, -0.25) is 15.3 Å². The molecule has 1 aromatic carbocycles. The van der Waals surface area contributed by atoms with E-state index in [1.807, 2.05) is 0 Å². The standard InChI is InChI=1S/C17H12Cl2F3N3O2/c18-11-2-1-10(13(19)7-11)8-25-15-9-24(17(20,21)22)6-5-12(15)14(23-25)3-4-16(26)27/h1-7,9,23H,8H2,(H,26,27). The second-order valence-corrected chi connectivity index (χ2v) is 6.48. The molecule has 0 fully saturated rings. The van der Waals surface area contributed by atoms with Crippen LogP contribution in [0.15, 0.2) is 65.8 Å². The quantitative estimate of drug-likeness (QED) is 0.561. The highest BCUT2D eigenvalue weighted by Crippen LogP contribution is 2.35. The molecular weight excluding hydrogens is 406 g/mol. The Balaban J connectivity index is 1.95. The van der Waals surface area contributed by atoms with Crippen LogP contribution in [0, 0.1) is 0 Å². The van der Waals surface area contributed by atoms with Gasteiger partial charge in [-0.1, -0.05) is 29.3 Å². The highest BCUT2D eigenvalue weighted by Gasteiger charge is 2.38. The first-order valence-electron chi connectivity index (χ1n) is 7.54. The zero-order chi connectivity index (χ0) is 19.8. The summed E-state index contributed by atoms with van der Waals surface area (Å²) in [6.45, 7) is 0.134. The Morgan fingerprint density at radius 2 is 2.04 bits per heavy atom. The molecule has 0 amide bonds. The molecular formula is C17H12Cl2F3N3O2. The van der Waals surface area contributed by atoms with Crippen LogP contribution in [-0.4, -0.2) is 27.3 Å². The van der Waals surface area contributed by atoms with Crippen LogP contribution in [0.5, 0.6) is 0 Å². The second-order valence-electron chi connectivity index (χ2n) is 5.64. The Labute approximate surface area is 162 Å². The molecule has 142 valence electrons. The molecule has 2 aliphatic rings. The lowest BCUT2D eigenvalue weighted by atomic mass is 10.1. The number of fused-ring (bicyclic) bond motifs is 1. The lowest BCUT2D eigenvalue weighted by Crippen LogP contribution is -2.34. The summed E-state index contributed by atoms with van der Waals surface area (Å²) in [5.74, 6) is -1.17. The molecule has 3 rings (SSSR count). The van der Waals surface area contributed by atoms with E-state index in [1.165, 1.54) is 23.2 Å². The Morgan fingerprint density at radius 3 is 2.67 bits per heavy atom. The number of nitrogens with one attached hydrogen (secondary N) is 1. The van der Waals surface area contributed by atoms with Crippen molar-refractivity contribution in [2.75, 3.05) is 0 Å². The first-order chi connectivity index (χ1) is 12.6. The topological polar surface area (TPSA) is 55.8 Å². The maximum absolute atomic E-state index is 13.1. The first kappa shape index (κ1) is 19.2. The van der Waals surface area contributed by atoms with Gasteiger partial charge in [-0.05, 0) is 29.8 Å². The molecule has 0 bridgehead atoms. The van der Waals surface area contributed by atoms with Crippen LogP contribution in [0.2, 0.25) is 10.0 Å². The Hall–Kier alpha value is -2.58. The molecule has 1 aromatic rings. The normalized spacial score (nSPS) is 16.7. The fourth-order valence-electron chi connectivity index (χ4n) is 2.58. The van der Waals surface area contributed by atoms with Gasteiger partial charge < -0.3 is 5.11 Å². The van der Waals surface area contributed by atoms with Crippen molar-refractivity contribution in [3.05, 3.63) is 81.4 Å². The second kappa shape index (κ2) is 7.21. The SMILES string of the molecule is O=C(O)C=CC1=C2C=CN(C(F)(F)F)C=C2N(Cc2ccc(Cl)cc2Cl)N1. The van der Waals surface area contributed by atoms with Gasteiger partial charge in [0.15, 0.2) is 0 Å². The van der Waals surface area contributed by atoms with Crippen molar-refractivity contribution in [3.8, 4) is 0 Å². The first-order valence-corrected chi connectivity index (χ1v) is 8.29. The number of carboxylic acid groups (broad SMARTS) is 1. The average molecular weight is 418 g/mol. The van der Waals surface area contributed by atoms with Gasteiger partial charge in [0, 0.05) is 34.1 Å². The van der Waals surface area contributed by atoms with Crippen LogP contribution in [-0.2, 0) is 11.3 Å². The van der Waals surface area contributed by atoms with E-state index in [9.17, 15) is 18.0 Å². The highest BCUT2D eigenvalue weighted by molar-refractivity contribution is 6.35. The summed E-state index contributed by atoms with van der Waals surface area (Å²) in [4.78, 5) is 10.9. The summed E-state index contributed by atoms with van der Waals surface area (Å²) in [6, 6.07) is 4.82. The minimum absolute atomic E-state index is 0.119. The van der Waals surface area contributed by atoms with Gasteiger partial charge in [-0.15, -0.1) is 13.2 Å². The molecule has 0 aromatic heterocycles. The van der Waals surface area contributed by atoms with E-state index in [4.69, 9.17) is 28.3 Å². The van der Waals surface area contributed by atoms with E-state index in [0.717, 1.165) is 18.5 Å². The summed E-state index contributed by atoms with van der Waals surface area (Å²) in [7, 11) is 0. The molecule has 2 N–H and O–H groups in total. The lowest BCUT2D eigenvalue weighted by molar-refractivity contribution is -0.211. The smallest absolute Gasteiger partial charge is 0.478 e. The Kier molecular flexibility index (Phi) is 5.12. The lowest BCUT2D eigenvalue weighted by Gasteiger charge is -2.28. The Bertz CT molecular complexity index is 907. The molecule has 2 aliphatic heterocycles. The number of allylic oxidation sites excluding steroid dienone is 2. The number of benzene rings is 1. The number of hydrogen-bond donors (Lipinski definition) is 2. The van der Waals surface area contributed by atoms with Crippen molar-refractivity contribution in [1.29, 1.82) is 0 Å². The van der Waals surface area contributed by atoms with Gasteiger partial charge in [-0.25, -0.2) is 4.79 Å². The van der Waals surface area contributed by atoms with Crippen molar-refractivity contribution < 1.29 is 23.1 Å². The number of aliphatic carboxylic acids is 1. The third-order valence-corrected chi connectivity index (χ3v) is 4.39. The van der Waals surface area contributed by atoms with E-state index >= 15 is 0 Å². The third kappa shape index (κ3) is 4.23. The monoisotopic (exact) mass is 417 g/mol. The molecule has 0 saturated heterocycles. The number of nitrogens with zero attached hydrogens (tertiary/aromatic N) is 2. The van der Waals surface area contributed by atoms with E-state index in [0.29, 0.717) is 26.9 Å². The van der Waals surface area contributed by atoms with Gasteiger partial charge in [0.05, 0.1) is 17.9 Å². The number of hydrazine groups is 1. The molecule has 0 saturated carbocycles. The summed E-state index contributed by atoms with van der Waals surface area (Å²) >= 11 is 12.0. The summed E-state index contributed by atoms with van der Waals surface area (Å²) in [6.07, 6.45) is 0.652. The van der Waals surface area contributed by atoms with Crippen LogP contribution in [0.4, 0.5) is 13.2 Å². The number of rotatable bonds is 4. The number of halogens is 5. The number of carboxylic acids is 1. The molecule has 0 spiro atoms. The van der Waals surface area contributed by atoms with E-state index in [1.54, 1.807) is 12.1 Å². The molecule has 0 unspecified atom stereocenters. The van der Waals surface area contributed by atoms with E-state index in [2.05, 4.69) is 5.43 Å². The summed E-state index contributed by atoms with van der Waals surface area (Å²) < 4.78 is 39.2. The Morgan fingerprint density at radius 1 is 1.30 bits per heavy atom. The number of hydrogen-bond acceptors (Lipinski definition) is 4. The van der Waals surface area contributed by atoms with Gasteiger partial charge in [0.1, 0.15) is 0 Å². The van der Waals surface area contributed by atoms with Crippen LogP contribution in [0.25, 0.3) is 0 Å². The van der Waals surface area contributed by atoms with Crippen molar-refractivity contribution in [1.82, 2.24) is 15.3 Å². The molecule has 27 heavy (non-hydrogen) atoms. The zero-order valence-electron chi connectivity index (χ0n) is 13.5. The van der Waals surface area contributed by atoms with Crippen LogP contribution >= 0.6 is 23.2 Å². The average Bonchev–Trinajstić information content (AvgIpc) is 2.92. The van der Waals surface area contributed by atoms with Crippen LogP contribution < -0.4 is 5.43 Å². The van der Waals surface area contributed by atoms with Crippen molar-refractivity contribution in [3.63, 3.8) is 0 Å². The van der Waals surface area contributed by atoms with Crippen molar-refractivity contribution >= 4 is 29.2 Å². The minimum Gasteiger partial charge on any atom is -0.478 e. The fraction of sp³-hybridized carbons (Fsp3) is 0.118. The van der Waals surface area contributed by atoms with Gasteiger partial charge >= 0.3 is 12.3 Å². The van der Waals surface area contributed by atoms with Crippen molar-refractivity contribution in [2.24, 2.45) is 0 Å². The summed E-state index contributed by atoms with van der Waals surface area (Å²) in [5, 5.41) is 11.1. The van der Waals surface area contributed by atoms with Gasteiger partial charge in [0.25, 0.3) is 0 Å². The largest absolute Gasteiger partial charge is 0.488 e. The molecule has 2 heterocycles. The predicted octanol–water partition coefficient (Wildman–Crippen LogP) is 4.40.